The number of fused-ring (bicyclic) bond motifs is 1. The van der Waals surface area contributed by atoms with Crippen molar-refractivity contribution in [1.82, 2.24) is 5.32 Å². The van der Waals surface area contributed by atoms with Gasteiger partial charge in [0.1, 0.15) is 11.3 Å². The lowest BCUT2D eigenvalue weighted by Gasteiger charge is -2.16. The van der Waals surface area contributed by atoms with Gasteiger partial charge in [-0.05, 0) is 60.4 Å². The van der Waals surface area contributed by atoms with Crippen LogP contribution in [-0.2, 0) is 9.53 Å². The van der Waals surface area contributed by atoms with Gasteiger partial charge in [0.15, 0.2) is 6.61 Å². The molecule has 0 aliphatic heterocycles. The van der Waals surface area contributed by atoms with Crippen molar-refractivity contribution in [1.29, 1.82) is 0 Å². The van der Waals surface area contributed by atoms with Crippen molar-refractivity contribution in [2.24, 2.45) is 0 Å². The van der Waals surface area contributed by atoms with Crippen LogP contribution in [0.25, 0.3) is 10.8 Å². The van der Waals surface area contributed by atoms with Crippen molar-refractivity contribution < 1.29 is 19.1 Å². The van der Waals surface area contributed by atoms with E-state index in [0.29, 0.717) is 11.3 Å². The van der Waals surface area contributed by atoms with Crippen LogP contribution in [0.5, 0.6) is 5.75 Å². The molecule has 0 aliphatic carbocycles. The molecule has 0 fully saturated rings. The van der Waals surface area contributed by atoms with Gasteiger partial charge in [0.05, 0.1) is 13.2 Å². The van der Waals surface area contributed by atoms with Crippen LogP contribution >= 0.6 is 0 Å². The van der Waals surface area contributed by atoms with Gasteiger partial charge < -0.3 is 14.8 Å². The van der Waals surface area contributed by atoms with Gasteiger partial charge in [-0.15, -0.1) is 0 Å². The van der Waals surface area contributed by atoms with Gasteiger partial charge in [0.2, 0.25) is 0 Å². The first kappa shape index (κ1) is 20.4. The lowest BCUT2D eigenvalue weighted by molar-refractivity contribution is -0.124. The summed E-state index contributed by atoms with van der Waals surface area (Å²) in [5.74, 6) is -0.539. The quantitative estimate of drug-likeness (QED) is 0.629. The van der Waals surface area contributed by atoms with Crippen molar-refractivity contribution in [2.75, 3.05) is 13.7 Å². The van der Waals surface area contributed by atoms with Crippen LogP contribution in [0.15, 0.2) is 54.6 Å². The number of esters is 1. The maximum absolute atomic E-state index is 12.5. The van der Waals surface area contributed by atoms with Crippen molar-refractivity contribution in [3.8, 4) is 5.75 Å². The molecule has 1 atom stereocenters. The van der Waals surface area contributed by atoms with E-state index < -0.39 is 5.97 Å². The van der Waals surface area contributed by atoms with E-state index in [9.17, 15) is 9.59 Å². The Hall–Kier alpha value is -3.34. The van der Waals surface area contributed by atoms with Crippen LogP contribution < -0.4 is 10.1 Å². The van der Waals surface area contributed by atoms with Gasteiger partial charge in [-0.2, -0.15) is 0 Å². The molecule has 0 radical (unpaired) electrons. The number of rotatable bonds is 6. The number of carbonyl (C=O) groups excluding carboxylic acids is 2. The van der Waals surface area contributed by atoms with Crippen molar-refractivity contribution in [2.45, 2.75) is 26.8 Å². The summed E-state index contributed by atoms with van der Waals surface area (Å²) in [7, 11) is 1.50. The van der Waals surface area contributed by atoms with E-state index in [1.165, 1.54) is 18.2 Å². The molecule has 0 heterocycles. The highest BCUT2D eigenvalue weighted by Gasteiger charge is 2.17. The third-order valence-electron chi connectivity index (χ3n) is 5.03. The second kappa shape index (κ2) is 8.78. The van der Waals surface area contributed by atoms with Crippen LogP contribution in [-0.4, -0.2) is 25.6 Å². The molecule has 5 nitrogen and oxygen atoms in total. The topological polar surface area (TPSA) is 64.6 Å². The Kier molecular flexibility index (Phi) is 6.17. The lowest BCUT2D eigenvalue weighted by Crippen LogP contribution is -2.31. The summed E-state index contributed by atoms with van der Waals surface area (Å²) in [6, 6.07) is 17.0. The molecule has 3 aromatic carbocycles. The zero-order valence-corrected chi connectivity index (χ0v) is 17.1. The van der Waals surface area contributed by atoms with E-state index in [1.807, 2.05) is 63.2 Å². The molecular formula is C24H25NO4. The molecule has 0 aromatic heterocycles. The van der Waals surface area contributed by atoms with Gasteiger partial charge in [-0.25, -0.2) is 4.79 Å². The Morgan fingerprint density at radius 2 is 1.66 bits per heavy atom. The van der Waals surface area contributed by atoms with Crippen molar-refractivity contribution >= 4 is 22.6 Å². The van der Waals surface area contributed by atoms with Crippen molar-refractivity contribution in [3.63, 3.8) is 0 Å². The molecule has 0 saturated carbocycles. The number of methoxy groups -OCH3 is 1. The number of hydrogen-bond donors (Lipinski definition) is 1. The molecule has 3 aromatic rings. The zero-order valence-electron chi connectivity index (χ0n) is 17.1. The summed E-state index contributed by atoms with van der Waals surface area (Å²) in [6.07, 6.45) is 0. The Balaban J connectivity index is 1.64. The maximum atomic E-state index is 12.5. The average molecular weight is 391 g/mol. The van der Waals surface area contributed by atoms with Crippen LogP contribution in [0.3, 0.4) is 0 Å². The summed E-state index contributed by atoms with van der Waals surface area (Å²) in [5.41, 5.74) is 3.66. The van der Waals surface area contributed by atoms with Crippen LogP contribution in [0.2, 0.25) is 0 Å². The lowest BCUT2D eigenvalue weighted by atomic mass is 10.0. The van der Waals surface area contributed by atoms with Gasteiger partial charge >= 0.3 is 5.97 Å². The van der Waals surface area contributed by atoms with Crippen LogP contribution in [0.4, 0.5) is 0 Å². The first-order valence-corrected chi connectivity index (χ1v) is 9.49. The summed E-state index contributed by atoms with van der Waals surface area (Å²) in [5, 5.41) is 4.72. The Labute approximate surface area is 170 Å². The molecule has 1 amide bonds. The van der Waals surface area contributed by atoms with Crippen molar-refractivity contribution in [3.05, 3.63) is 76.9 Å². The Morgan fingerprint density at radius 3 is 2.31 bits per heavy atom. The molecule has 150 valence electrons. The standard InChI is InChI=1S/C24H25NO4/c1-15-9-10-18(11-16(15)2)17(3)25-23(26)14-29-24(27)21-12-19-7-5-6-8-20(19)13-22(21)28-4/h5-13,17H,14H2,1-4H3,(H,25,26)/t17-/m1/s1. The SMILES string of the molecule is COc1cc2ccccc2cc1C(=O)OCC(=O)N[C@H](C)c1ccc(C)c(C)c1. The number of carbonyl (C=O) groups is 2. The molecular weight excluding hydrogens is 366 g/mol. The van der Waals surface area contributed by atoms with Gasteiger partial charge in [-0.1, -0.05) is 42.5 Å². The molecule has 0 bridgehead atoms. The van der Waals surface area contributed by atoms with E-state index in [-0.39, 0.29) is 18.6 Å². The van der Waals surface area contributed by atoms with E-state index in [0.717, 1.165) is 16.3 Å². The number of amides is 1. The molecule has 0 saturated heterocycles. The first-order chi connectivity index (χ1) is 13.9. The molecule has 3 rings (SSSR count). The highest BCUT2D eigenvalue weighted by Crippen LogP contribution is 2.26. The van der Waals surface area contributed by atoms with E-state index >= 15 is 0 Å². The first-order valence-electron chi connectivity index (χ1n) is 9.49. The largest absolute Gasteiger partial charge is 0.496 e. The smallest absolute Gasteiger partial charge is 0.342 e. The summed E-state index contributed by atoms with van der Waals surface area (Å²) in [4.78, 5) is 24.8. The van der Waals surface area contributed by atoms with E-state index in [1.54, 1.807) is 12.1 Å². The van der Waals surface area contributed by atoms with Gasteiger partial charge in [0.25, 0.3) is 5.91 Å². The molecule has 0 unspecified atom stereocenters. The fourth-order valence-corrected chi connectivity index (χ4v) is 3.16. The predicted octanol–water partition coefficient (Wildman–Crippen LogP) is 4.50. The minimum Gasteiger partial charge on any atom is -0.496 e. The fraction of sp³-hybridized carbons (Fsp3) is 0.250. The van der Waals surface area contributed by atoms with Gasteiger partial charge in [-0.3, -0.25) is 4.79 Å². The number of aryl methyl sites for hydroxylation is 2. The van der Waals surface area contributed by atoms with Gasteiger partial charge in [0, 0.05) is 0 Å². The minimum atomic E-state index is -0.596. The molecule has 0 aliphatic rings. The second-order valence-corrected chi connectivity index (χ2v) is 7.11. The number of benzene rings is 3. The third-order valence-corrected chi connectivity index (χ3v) is 5.03. The van der Waals surface area contributed by atoms with E-state index in [2.05, 4.69) is 5.32 Å². The Bertz CT molecular complexity index is 1060. The minimum absolute atomic E-state index is 0.185. The molecule has 0 spiro atoms. The highest BCUT2D eigenvalue weighted by atomic mass is 16.5. The zero-order chi connectivity index (χ0) is 21.0. The number of nitrogens with one attached hydrogen (secondary N) is 1. The third kappa shape index (κ3) is 4.74. The van der Waals surface area contributed by atoms with Crippen LogP contribution in [0.1, 0.15) is 40.0 Å². The summed E-state index contributed by atoms with van der Waals surface area (Å²) in [6.45, 7) is 5.62. The number of hydrogen-bond acceptors (Lipinski definition) is 4. The second-order valence-electron chi connectivity index (χ2n) is 7.11. The molecule has 29 heavy (non-hydrogen) atoms. The maximum Gasteiger partial charge on any atom is 0.342 e. The monoisotopic (exact) mass is 391 g/mol. The van der Waals surface area contributed by atoms with E-state index in [4.69, 9.17) is 9.47 Å². The predicted molar refractivity (Wildman–Crippen MR) is 113 cm³/mol. The Morgan fingerprint density at radius 1 is 0.966 bits per heavy atom. The highest BCUT2D eigenvalue weighted by molar-refractivity contribution is 5.99. The molecule has 5 heteroatoms. The normalized spacial score (nSPS) is 11.7. The fourth-order valence-electron chi connectivity index (χ4n) is 3.16. The average Bonchev–Trinajstić information content (AvgIpc) is 2.72. The summed E-state index contributed by atoms with van der Waals surface area (Å²) >= 11 is 0. The summed E-state index contributed by atoms with van der Waals surface area (Å²) < 4.78 is 10.6. The number of ether oxygens (including phenoxy) is 2. The molecule has 1 N–H and O–H groups in total. The van der Waals surface area contributed by atoms with Crippen LogP contribution in [0, 0.1) is 13.8 Å².